The van der Waals surface area contributed by atoms with Gasteiger partial charge in [0, 0.05) is 35.4 Å². The average molecular weight is 473 g/mol. The number of aliphatic hydroxyl groups is 1. The van der Waals surface area contributed by atoms with Gasteiger partial charge in [-0.05, 0) is 70.6 Å². The van der Waals surface area contributed by atoms with Crippen molar-refractivity contribution in [1.29, 1.82) is 0 Å². The first-order valence-electron chi connectivity index (χ1n) is 12.0. The lowest BCUT2D eigenvalue weighted by Gasteiger charge is -2.34. The maximum Gasteiger partial charge on any atom is 0.214 e. The smallest absolute Gasteiger partial charge is 0.214 e. The van der Waals surface area contributed by atoms with Crippen LogP contribution < -0.4 is 9.47 Å². The molecule has 0 amide bonds. The van der Waals surface area contributed by atoms with Crippen LogP contribution in [0.1, 0.15) is 23.6 Å². The fraction of sp³-hybridized carbons (Fsp3) is 0.161. The number of methoxy groups -OCH3 is 1. The van der Waals surface area contributed by atoms with Gasteiger partial charge in [0.2, 0.25) is 5.88 Å². The van der Waals surface area contributed by atoms with Crippen LogP contribution in [-0.2, 0) is 12.2 Å². The second kappa shape index (κ2) is 7.64. The van der Waals surface area contributed by atoms with Gasteiger partial charge in [-0.1, -0.05) is 42.0 Å². The van der Waals surface area contributed by atoms with Crippen molar-refractivity contribution in [2.75, 3.05) is 7.11 Å². The third kappa shape index (κ3) is 3.06. The van der Waals surface area contributed by atoms with Gasteiger partial charge in [-0.2, -0.15) is 0 Å². The molecule has 1 aromatic heterocycles. The van der Waals surface area contributed by atoms with Crippen LogP contribution in [0, 0.1) is 5.92 Å². The molecule has 0 fully saturated rings. The fourth-order valence-corrected chi connectivity index (χ4v) is 5.58. The molecule has 5 nitrogen and oxygen atoms in total. The van der Waals surface area contributed by atoms with Crippen molar-refractivity contribution in [3.8, 4) is 22.8 Å². The average Bonchev–Trinajstić information content (AvgIpc) is 3.60. The zero-order valence-corrected chi connectivity index (χ0v) is 20.0. The molecule has 4 aromatic rings. The van der Waals surface area contributed by atoms with E-state index in [-0.39, 0.29) is 5.92 Å². The lowest BCUT2D eigenvalue weighted by Crippen LogP contribution is -2.32. The number of aromatic nitrogens is 1. The SMILES string of the molecule is COc1cc2c3cc(ccc3n1)C(O)(C1=CN=CC3=C(C)[C@H]13)c1cccc(c1)OCc1cccc-2c1. The minimum Gasteiger partial charge on any atom is -0.489 e. The van der Waals surface area contributed by atoms with Gasteiger partial charge >= 0.3 is 0 Å². The van der Waals surface area contributed by atoms with Crippen LogP contribution in [-0.4, -0.2) is 23.4 Å². The molecule has 3 heterocycles. The monoisotopic (exact) mass is 472 g/mol. The molecule has 0 radical (unpaired) electrons. The highest BCUT2D eigenvalue weighted by atomic mass is 16.5. The second-order valence-electron chi connectivity index (χ2n) is 9.61. The van der Waals surface area contributed by atoms with E-state index in [1.807, 2.05) is 60.9 Å². The quantitative estimate of drug-likeness (QED) is 0.391. The van der Waals surface area contributed by atoms with Gasteiger partial charge in [-0.3, -0.25) is 4.99 Å². The van der Waals surface area contributed by atoms with Crippen LogP contribution in [0.2, 0.25) is 0 Å². The van der Waals surface area contributed by atoms with Crippen molar-refractivity contribution in [2.24, 2.45) is 10.9 Å². The van der Waals surface area contributed by atoms with Crippen molar-refractivity contribution in [3.63, 3.8) is 0 Å². The maximum absolute atomic E-state index is 12.7. The van der Waals surface area contributed by atoms with E-state index in [9.17, 15) is 5.11 Å². The van der Waals surface area contributed by atoms with Gasteiger partial charge in [0.05, 0.1) is 12.6 Å². The number of rotatable bonds is 2. The van der Waals surface area contributed by atoms with Gasteiger partial charge in [0.1, 0.15) is 18.0 Å². The first-order valence-corrected chi connectivity index (χ1v) is 12.0. The van der Waals surface area contributed by atoms with Gasteiger partial charge in [0.25, 0.3) is 0 Å². The molecule has 2 aliphatic heterocycles. The Morgan fingerprint density at radius 2 is 1.86 bits per heavy atom. The normalized spacial score (nSPS) is 21.6. The largest absolute Gasteiger partial charge is 0.489 e. The van der Waals surface area contributed by atoms with E-state index in [1.165, 1.54) is 11.1 Å². The zero-order valence-electron chi connectivity index (χ0n) is 20.0. The molecule has 7 rings (SSSR count). The molecule has 2 atom stereocenters. The van der Waals surface area contributed by atoms with Crippen molar-refractivity contribution in [1.82, 2.24) is 4.98 Å². The molecule has 0 saturated carbocycles. The number of pyridine rings is 1. The van der Waals surface area contributed by atoms with E-state index < -0.39 is 5.60 Å². The number of benzene rings is 3. The number of hydrogen-bond donors (Lipinski definition) is 1. The Hall–Kier alpha value is -4.22. The minimum absolute atomic E-state index is 0.0897. The topological polar surface area (TPSA) is 63.9 Å². The summed E-state index contributed by atoms with van der Waals surface area (Å²) in [5.74, 6) is 1.34. The molecule has 1 aliphatic carbocycles. The Labute approximate surface area is 209 Å². The minimum atomic E-state index is -1.40. The predicted octanol–water partition coefficient (Wildman–Crippen LogP) is 5.95. The van der Waals surface area contributed by atoms with Crippen LogP contribution >= 0.6 is 0 Å². The molecule has 176 valence electrons. The first-order chi connectivity index (χ1) is 17.6. The summed E-state index contributed by atoms with van der Waals surface area (Å²) in [6.07, 6.45) is 3.71. The Balaban J connectivity index is 1.55. The number of fused-ring (bicyclic) bond motifs is 7. The maximum atomic E-state index is 12.7. The molecule has 1 N–H and O–H groups in total. The summed E-state index contributed by atoms with van der Waals surface area (Å²) in [6.45, 7) is 2.52. The number of allylic oxidation sites excluding steroid dienone is 2. The number of ether oxygens (including phenoxy) is 2. The fourth-order valence-electron chi connectivity index (χ4n) is 5.58. The molecule has 0 spiro atoms. The molecule has 3 aromatic carbocycles. The first kappa shape index (κ1) is 21.1. The van der Waals surface area contributed by atoms with Crippen LogP contribution in [0.5, 0.6) is 11.6 Å². The summed E-state index contributed by atoms with van der Waals surface area (Å²) in [5, 5.41) is 13.6. The van der Waals surface area contributed by atoms with Crippen molar-refractivity contribution >= 4 is 17.1 Å². The van der Waals surface area contributed by atoms with Crippen molar-refractivity contribution in [2.45, 2.75) is 19.1 Å². The molecule has 36 heavy (non-hydrogen) atoms. The third-order valence-electron chi connectivity index (χ3n) is 7.58. The highest BCUT2D eigenvalue weighted by Crippen LogP contribution is 2.54. The van der Waals surface area contributed by atoms with E-state index in [0.29, 0.717) is 18.2 Å². The highest BCUT2D eigenvalue weighted by Gasteiger charge is 2.48. The standard InChI is InChI=1S/C31H24N2O3/c1-18-26-15-32-16-27(30(18)26)31(34)21-7-4-8-23(12-21)36-17-19-5-3-6-20(11-19)24-14-29(35-2)33-28-10-9-22(31)13-25(24)28/h3-16,30,34H,17H2,1-2H3/t30-,31?/m0/s1. The highest BCUT2D eigenvalue weighted by molar-refractivity contribution is 5.96. The predicted molar refractivity (Wildman–Crippen MR) is 140 cm³/mol. The summed E-state index contributed by atoms with van der Waals surface area (Å²) >= 11 is 0. The third-order valence-corrected chi connectivity index (χ3v) is 7.58. The van der Waals surface area contributed by atoms with Crippen LogP contribution in [0.4, 0.5) is 0 Å². The van der Waals surface area contributed by atoms with Crippen LogP contribution in [0.25, 0.3) is 22.0 Å². The number of nitrogens with zero attached hydrogens (tertiary/aromatic N) is 2. The van der Waals surface area contributed by atoms with Crippen LogP contribution in [0.15, 0.2) is 101 Å². The second-order valence-corrected chi connectivity index (χ2v) is 9.61. The molecule has 6 bridgehead atoms. The molecular weight excluding hydrogens is 448 g/mol. The van der Waals surface area contributed by atoms with Crippen molar-refractivity contribution in [3.05, 3.63) is 112 Å². The number of aliphatic imine (C=N–C) groups is 1. The summed E-state index contributed by atoms with van der Waals surface area (Å²) in [7, 11) is 1.63. The van der Waals surface area contributed by atoms with E-state index in [2.05, 4.69) is 36.2 Å². The number of hydrogen-bond acceptors (Lipinski definition) is 5. The summed E-state index contributed by atoms with van der Waals surface area (Å²) < 4.78 is 11.7. The van der Waals surface area contributed by atoms with E-state index in [1.54, 1.807) is 7.11 Å². The Morgan fingerprint density at radius 3 is 2.75 bits per heavy atom. The van der Waals surface area contributed by atoms with Gasteiger partial charge < -0.3 is 14.6 Å². The lowest BCUT2D eigenvalue weighted by molar-refractivity contribution is 0.115. The van der Waals surface area contributed by atoms with Gasteiger partial charge in [-0.25, -0.2) is 4.98 Å². The molecule has 1 unspecified atom stereocenters. The van der Waals surface area contributed by atoms with Gasteiger partial charge in [-0.15, -0.1) is 0 Å². The molecular formula is C31H24N2O3. The van der Waals surface area contributed by atoms with E-state index >= 15 is 0 Å². The van der Waals surface area contributed by atoms with Crippen LogP contribution in [0.3, 0.4) is 0 Å². The summed E-state index contributed by atoms with van der Waals surface area (Å²) in [5.41, 5.74) is 7.28. The Morgan fingerprint density at radius 1 is 1.00 bits per heavy atom. The van der Waals surface area contributed by atoms with E-state index in [0.717, 1.165) is 44.3 Å². The molecule has 5 heteroatoms. The lowest BCUT2D eigenvalue weighted by atomic mass is 9.76. The summed E-state index contributed by atoms with van der Waals surface area (Å²) in [4.78, 5) is 9.19. The zero-order chi connectivity index (χ0) is 24.4. The molecule has 0 saturated heterocycles. The molecule has 3 aliphatic rings. The van der Waals surface area contributed by atoms with E-state index in [4.69, 9.17) is 14.5 Å². The Bertz CT molecular complexity index is 1670. The summed E-state index contributed by atoms with van der Waals surface area (Å²) in [6, 6.07) is 24.0. The van der Waals surface area contributed by atoms with Crippen molar-refractivity contribution < 1.29 is 14.6 Å². The Kier molecular flexibility index (Phi) is 4.48. The van der Waals surface area contributed by atoms with Gasteiger partial charge in [0.15, 0.2) is 0 Å².